The number of halogens is 3. The molecule has 1 aromatic heterocycles. The highest BCUT2D eigenvalue weighted by atomic mass is 79.9. The Kier molecular flexibility index (Phi) is 5.57. The van der Waals surface area contributed by atoms with Gasteiger partial charge in [-0.05, 0) is 42.3 Å². The number of hydrogen-bond donors (Lipinski definition) is 0. The van der Waals surface area contributed by atoms with Gasteiger partial charge in [0, 0.05) is 10.9 Å². The summed E-state index contributed by atoms with van der Waals surface area (Å²) in [5.74, 6) is 0.624. The molecular formula is C18H14BrCl2N3O. The molecule has 3 aromatic rings. The van der Waals surface area contributed by atoms with Crippen LogP contribution >= 0.6 is 39.1 Å². The molecule has 0 atom stereocenters. The molecule has 7 heteroatoms. The van der Waals surface area contributed by atoms with E-state index >= 15 is 0 Å². The first-order chi connectivity index (χ1) is 12.0. The van der Waals surface area contributed by atoms with Crippen LogP contribution in [0.4, 0.5) is 0 Å². The maximum Gasteiger partial charge on any atom is 0.282 e. The Morgan fingerprint density at radius 3 is 2.72 bits per heavy atom. The highest BCUT2D eigenvalue weighted by Gasteiger charge is 2.10. The average Bonchev–Trinajstić information content (AvgIpc) is 2.58. The summed E-state index contributed by atoms with van der Waals surface area (Å²) in [6, 6.07) is 10.6. The summed E-state index contributed by atoms with van der Waals surface area (Å²) >= 11 is 15.3. The van der Waals surface area contributed by atoms with Gasteiger partial charge in [-0.3, -0.25) is 4.79 Å². The Morgan fingerprint density at radius 1 is 1.20 bits per heavy atom. The molecule has 2 aromatic carbocycles. The van der Waals surface area contributed by atoms with Crippen molar-refractivity contribution in [1.82, 2.24) is 9.66 Å². The number of benzene rings is 2. The van der Waals surface area contributed by atoms with Crippen molar-refractivity contribution in [1.29, 1.82) is 0 Å². The van der Waals surface area contributed by atoms with Crippen LogP contribution in [0.15, 0.2) is 50.8 Å². The second-order valence-corrected chi connectivity index (χ2v) is 7.20. The van der Waals surface area contributed by atoms with E-state index in [0.717, 1.165) is 16.5 Å². The smallest absolute Gasteiger partial charge is 0.267 e. The zero-order valence-corrected chi connectivity index (χ0v) is 16.4. The van der Waals surface area contributed by atoms with Crippen LogP contribution in [0.25, 0.3) is 10.9 Å². The normalized spacial score (nSPS) is 11.5. The lowest BCUT2D eigenvalue weighted by atomic mass is 10.2. The summed E-state index contributed by atoms with van der Waals surface area (Å²) < 4.78 is 2.17. The maximum absolute atomic E-state index is 12.9. The number of hydrogen-bond acceptors (Lipinski definition) is 3. The minimum atomic E-state index is -0.203. The highest BCUT2D eigenvalue weighted by Crippen LogP contribution is 2.22. The number of fused-ring (bicyclic) bond motifs is 1. The van der Waals surface area contributed by atoms with Gasteiger partial charge in [0.2, 0.25) is 0 Å². The average molecular weight is 439 g/mol. The largest absolute Gasteiger partial charge is 0.282 e. The molecule has 1 heterocycles. The van der Waals surface area contributed by atoms with Crippen molar-refractivity contribution >= 4 is 56.2 Å². The number of aromatic nitrogens is 2. The van der Waals surface area contributed by atoms with Crippen molar-refractivity contribution < 1.29 is 0 Å². The summed E-state index contributed by atoms with van der Waals surface area (Å²) in [4.78, 5) is 17.5. The van der Waals surface area contributed by atoms with Crippen molar-refractivity contribution in [3.8, 4) is 0 Å². The van der Waals surface area contributed by atoms with E-state index in [1.54, 1.807) is 30.5 Å². The molecule has 0 bridgehead atoms. The third-order valence-electron chi connectivity index (χ3n) is 3.61. The number of rotatable bonds is 4. The third-order valence-corrected chi connectivity index (χ3v) is 4.85. The van der Waals surface area contributed by atoms with Gasteiger partial charge in [-0.15, -0.1) is 0 Å². The standard InChI is InChI=1S/C18H14BrCl2N3O/c1-2-3-17-23-16-7-5-12(19)9-13(16)18(25)24(17)22-10-11-4-6-14(20)15(21)8-11/h4-10H,2-3H2,1H3. The van der Waals surface area contributed by atoms with E-state index in [-0.39, 0.29) is 5.56 Å². The first-order valence-electron chi connectivity index (χ1n) is 7.70. The van der Waals surface area contributed by atoms with E-state index in [1.807, 2.05) is 19.1 Å². The van der Waals surface area contributed by atoms with Gasteiger partial charge in [0.15, 0.2) is 0 Å². The van der Waals surface area contributed by atoms with Gasteiger partial charge in [0.25, 0.3) is 5.56 Å². The molecule has 0 aliphatic rings. The molecule has 25 heavy (non-hydrogen) atoms. The van der Waals surface area contributed by atoms with Crippen molar-refractivity contribution in [2.75, 3.05) is 0 Å². The fourth-order valence-corrected chi connectivity index (χ4v) is 3.08. The number of nitrogens with zero attached hydrogens (tertiary/aromatic N) is 3. The van der Waals surface area contributed by atoms with E-state index in [1.165, 1.54) is 4.68 Å². The molecule has 3 rings (SSSR count). The lowest BCUT2D eigenvalue weighted by molar-refractivity contribution is 0.704. The van der Waals surface area contributed by atoms with Gasteiger partial charge in [-0.1, -0.05) is 52.1 Å². The van der Waals surface area contributed by atoms with Crippen molar-refractivity contribution in [2.45, 2.75) is 19.8 Å². The molecule has 0 N–H and O–H groups in total. The third kappa shape index (κ3) is 3.94. The molecule has 0 aliphatic carbocycles. The molecule has 128 valence electrons. The van der Waals surface area contributed by atoms with E-state index in [2.05, 4.69) is 26.0 Å². The summed E-state index contributed by atoms with van der Waals surface area (Å²) in [6.45, 7) is 2.03. The minimum absolute atomic E-state index is 0.203. The molecule has 0 aliphatic heterocycles. The van der Waals surface area contributed by atoms with Crippen LogP contribution in [0.1, 0.15) is 24.7 Å². The molecule has 0 radical (unpaired) electrons. The number of aryl methyl sites for hydroxylation is 1. The fourth-order valence-electron chi connectivity index (χ4n) is 2.42. The van der Waals surface area contributed by atoms with Crippen LogP contribution in [-0.2, 0) is 6.42 Å². The molecule has 0 saturated carbocycles. The van der Waals surface area contributed by atoms with Crippen molar-refractivity contribution in [3.63, 3.8) is 0 Å². The Balaban J connectivity index is 2.14. The second-order valence-electron chi connectivity index (χ2n) is 5.47. The minimum Gasteiger partial charge on any atom is -0.267 e. The topological polar surface area (TPSA) is 47.2 Å². The van der Waals surface area contributed by atoms with Gasteiger partial charge >= 0.3 is 0 Å². The monoisotopic (exact) mass is 437 g/mol. The fraction of sp³-hybridized carbons (Fsp3) is 0.167. The van der Waals surface area contributed by atoms with E-state index in [0.29, 0.717) is 33.2 Å². The summed E-state index contributed by atoms with van der Waals surface area (Å²) in [5, 5.41) is 5.77. The van der Waals surface area contributed by atoms with Gasteiger partial charge in [-0.2, -0.15) is 9.78 Å². The van der Waals surface area contributed by atoms with E-state index in [9.17, 15) is 4.79 Å². The van der Waals surface area contributed by atoms with Gasteiger partial charge in [-0.25, -0.2) is 4.98 Å². The predicted octanol–water partition coefficient (Wildman–Crippen LogP) is 5.30. The second kappa shape index (κ2) is 7.68. The van der Waals surface area contributed by atoms with Gasteiger partial charge in [0.1, 0.15) is 5.82 Å². The zero-order valence-electron chi connectivity index (χ0n) is 13.3. The maximum atomic E-state index is 12.9. The summed E-state index contributed by atoms with van der Waals surface area (Å²) in [7, 11) is 0. The highest BCUT2D eigenvalue weighted by molar-refractivity contribution is 9.10. The molecule has 0 fully saturated rings. The first-order valence-corrected chi connectivity index (χ1v) is 9.25. The van der Waals surface area contributed by atoms with Crippen molar-refractivity contribution in [2.24, 2.45) is 5.10 Å². The van der Waals surface area contributed by atoms with Crippen LogP contribution in [0.2, 0.25) is 10.0 Å². The molecule has 4 nitrogen and oxygen atoms in total. The summed E-state index contributed by atoms with van der Waals surface area (Å²) in [6.07, 6.45) is 3.09. The van der Waals surface area contributed by atoms with Crippen LogP contribution in [-0.4, -0.2) is 15.9 Å². The molecule has 0 saturated heterocycles. The van der Waals surface area contributed by atoms with Crippen LogP contribution in [0.3, 0.4) is 0 Å². The first kappa shape index (κ1) is 18.1. The van der Waals surface area contributed by atoms with Crippen LogP contribution < -0.4 is 5.56 Å². The van der Waals surface area contributed by atoms with Crippen LogP contribution in [0, 0.1) is 0 Å². The Labute approximate surface area is 163 Å². The van der Waals surface area contributed by atoms with Crippen LogP contribution in [0.5, 0.6) is 0 Å². The molecule has 0 amide bonds. The Bertz CT molecular complexity index is 1030. The van der Waals surface area contributed by atoms with Gasteiger partial charge in [0.05, 0.1) is 27.2 Å². The lowest BCUT2D eigenvalue weighted by Crippen LogP contribution is -2.22. The van der Waals surface area contributed by atoms with E-state index < -0.39 is 0 Å². The van der Waals surface area contributed by atoms with Crippen molar-refractivity contribution in [3.05, 3.63) is 72.7 Å². The SMILES string of the molecule is CCCc1nc2ccc(Br)cc2c(=O)n1N=Cc1ccc(Cl)c(Cl)c1. The molecule has 0 unspecified atom stereocenters. The lowest BCUT2D eigenvalue weighted by Gasteiger charge is -2.08. The molecular weight excluding hydrogens is 425 g/mol. The Morgan fingerprint density at radius 2 is 2.00 bits per heavy atom. The van der Waals surface area contributed by atoms with Gasteiger partial charge < -0.3 is 0 Å². The zero-order chi connectivity index (χ0) is 18.0. The molecule has 0 spiro atoms. The predicted molar refractivity (Wildman–Crippen MR) is 107 cm³/mol. The van der Waals surface area contributed by atoms with E-state index in [4.69, 9.17) is 23.2 Å². The summed E-state index contributed by atoms with van der Waals surface area (Å²) in [5.41, 5.74) is 1.21. The quantitative estimate of drug-likeness (QED) is 0.518. The Hall–Kier alpha value is -1.69.